The van der Waals surface area contributed by atoms with Crippen LogP contribution >= 0.6 is 11.6 Å². The number of aliphatic hydroxyl groups excluding tert-OH is 1. The Kier molecular flexibility index (Phi) is 3.14. The topological polar surface area (TPSA) is 72.3 Å². The summed E-state index contributed by atoms with van der Waals surface area (Å²) in [6.07, 6.45) is 0. The fourth-order valence-corrected chi connectivity index (χ4v) is 1.47. The third-order valence-corrected chi connectivity index (χ3v) is 2.20. The number of aryl methyl sites for hydroxylation is 1. The molecule has 0 unspecified atom stereocenters. The van der Waals surface area contributed by atoms with E-state index in [2.05, 4.69) is 0 Å². The molecular weight excluding hydrogens is 188 g/mol. The fraction of sp³-hybridized carbons (Fsp3) is 0.333. The monoisotopic (exact) mass is 200 g/mol. The van der Waals surface area contributed by atoms with Gasteiger partial charge in [-0.3, -0.25) is 0 Å². The molecule has 0 aliphatic heterocycles. The van der Waals surface area contributed by atoms with Gasteiger partial charge in [-0.1, -0.05) is 11.6 Å². The average Bonchev–Trinajstić information content (AvgIpc) is 2.10. The van der Waals surface area contributed by atoms with Crippen LogP contribution in [0.1, 0.15) is 17.2 Å². The first kappa shape index (κ1) is 10.3. The van der Waals surface area contributed by atoms with Gasteiger partial charge in [-0.05, 0) is 30.2 Å². The molecule has 0 fully saturated rings. The fourth-order valence-electron chi connectivity index (χ4n) is 1.19. The van der Waals surface area contributed by atoms with Gasteiger partial charge in [-0.25, -0.2) is 0 Å². The van der Waals surface area contributed by atoms with Crippen LogP contribution in [0.4, 0.5) is 5.69 Å². The van der Waals surface area contributed by atoms with Crippen LogP contribution in [-0.4, -0.2) is 11.7 Å². The van der Waals surface area contributed by atoms with Crippen molar-refractivity contribution in [3.63, 3.8) is 0 Å². The zero-order valence-electron chi connectivity index (χ0n) is 7.42. The first-order valence-electron chi connectivity index (χ1n) is 3.98. The molecule has 1 rings (SSSR count). The van der Waals surface area contributed by atoms with Crippen LogP contribution in [0.25, 0.3) is 0 Å². The van der Waals surface area contributed by atoms with Crippen molar-refractivity contribution in [1.29, 1.82) is 0 Å². The van der Waals surface area contributed by atoms with Crippen LogP contribution in [0.3, 0.4) is 0 Å². The average molecular weight is 201 g/mol. The van der Waals surface area contributed by atoms with Crippen molar-refractivity contribution >= 4 is 17.3 Å². The standard InChI is InChI=1S/C9H13ClN2O/c1-5-2-6(10)3-7(9(5)12)8(11)4-13/h2-3,8,13H,4,11-12H2,1H3/t8-/m1/s1. The van der Waals surface area contributed by atoms with E-state index >= 15 is 0 Å². The summed E-state index contributed by atoms with van der Waals surface area (Å²) in [6, 6.07) is 2.99. The van der Waals surface area contributed by atoms with Crippen LogP contribution in [0, 0.1) is 6.92 Å². The summed E-state index contributed by atoms with van der Waals surface area (Å²) in [4.78, 5) is 0. The molecule has 13 heavy (non-hydrogen) atoms. The SMILES string of the molecule is Cc1cc(Cl)cc([C@H](N)CO)c1N. The second-order valence-electron chi connectivity index (χ2n) is 3.01. The molecule has 4 heteroatoms. The highest BCUT2D eigenvalue weighted by atomic mass is 35.5. The molecule has 0 amide bonds. The minimum absolute atomic E-state index is 0.135. The maximum atomic E-state index is 8.87. The minimum Gasteiger partial charge on any atom is -0.398 e. The van der Waals surface area contributed by atoms with E-state index in [1.807, 2.05) is 6.92 Å². The first-order valence-corrected chi connectivity index (χ1v) is 4.36. The Balaban J connectivity index is 3.20. The Bertz CT molecular complexity index is 315. The summed E-state index contributed by atoms with van der Waals surface area (Å²) >= 11 is 5.83. The second-order valence-corrected chi connectivity index (χ2v) is 3.45. The van der Waals surface area contributed by atoms with Crippen molar-refractivity contribution in [3.8, 4) is 0 Å². The zero-order chi connectivity index (χ0) is 10.0. The maximum absolute atomic E-state index is 8.87. The summed E-state index contributed by atoms with van der Waals surface area (Å²) in [5, 5.41) is 9.46. The largest absolute Gasteiger partial charge is 0.398 e. The highest BCUT2D eigenvalue weighted by Gasteiger charge is 2.10. The molecule has 3 nitrogen and oxygen atoms in total. The first-order chi connectivity index (χ1) is 6.06. The van der Waals surface area contributed by atoms with Gasteiger partial charge in [0.15, 0.2) is 0 Å². The van der Waals surface area contributed by atoms with Gasteiger partial charge in [0.25, 0.3) is 0 Å². The lowest BCUT2D eigenvalue weighted by Crippen LogP contribution is -2.16. The third kappa shape index (κ3) is 2.12. The number of rotatable bonds is 2. The molecule has 1 aromatic carbocycles. The van der Waals surface area contributed by atoms with Crippen molar-refractivity contribution in [1.82, 2.24) is 0 Å². The number of hydrogen-bond acceptors (Lipinski definition) is 3. The van der Waals surface area contributed by atoms with E-state index in [0.717, 1.165) is 5.56 Å². The van der Waals surface area contributed by atoms with Crippen LogP contribution in [-0.2, 0) is 0 Å². The smallest absolute Gasteiger partial charge is 0.0625 e. The van der Waals surface area contributed by atoms with Crippen molar-refractivity contribution < 1.29 is 5.11 Å². The summed E-state index contributed by atoms with van der Waals surface area (Å²) in [7, 11) is 0. The van der Waals surface area contributed by atoms with E-state index < -0.39 is 6.04 Å². The Morgan fingerprint density at radius 2 is 2.15 bits per heavy atom. The zero-order valence-corrected chi connectivity index (χ0v) is 8.17. The van der Waals surface area contributed by atoms with Crippen LogP contribution in [0.15, 0.2) is 12.1 Å². The van der Waals surface area contributed by atoms with Crippen LogP contribution in [0.5, 0.6) is 0 Å². The van der Waals surface area contributed by atoms with E-state index in [4.69, 9.17) is 28.2 Å². The van der Waals surface area contributed by atoms with Gasteiger partial charge in [-0.2, -0.15) is 0 Å². The highest BCUT2D eigenvalue weighted by molar-refractivity contribution is 6.30. The Morgan fingerprint density at radius 3 is 2.69 bits per heavy atom. The summed E-state index contributed by atoms with van der Waals surface area (Å²) in [5.74, 6) is 0. The molecule has 0 saturated carbocycles. The number of nitrogen functional groups attached to an aromatic ring is 1. The van der Waals surface area contributed by atoms with Gasteiger partial charge >= 0.3 is 0 Å². The van der Waals surface area contributed by atoms with E-state index in [1.54, 1.807) is 12.1 Å². The lowest BCUT2D eigenvalue weighted by molar-refractivity contribution is 0.268. The molecule has 0 aromatic heterocycles. The molecule has 0 aliphatic carbocycles. The molecule has 0 radical (unpaired) electrons. The lowest BCUT2D eigenvalue weighted by Gasteiger charge is -2.14. The number of nitrogens with two attached hydrogens (primary N) is 2. The molecule has 0 spiro atoms. The molecule has 72 valence electrons. The summed E-state index contributed by atoms with van der Waals surface area (Å²) in [6.45, 7) is 1.72. The Labute approximate surface area is 82.3 Å². The quantitative estimate of drug-likeness (QED) is 0.629. The third-order valence-electron chi connectivity index (χ3n) is 1.98. The van der Waals surface area contributed by atoms with Crippen LogP contribution < -0.4 is 11.5 Å². The molecule has 1 aromatic rings. The number of benzene rings is 1. The number of hydrogen-bond donors (Lipinski definition) is 3. The van der Waals surface area contributed by atoms with Gasteiger partial charge in [0, 0.05) is 10.7 Å². The predicted molar refractivity (Wildman–Crippen MR) is 54.6 cm³/mol. The number of aliphatic hydroxyl groups is 1. The minimum atomic E-state index is -0.461. The molecule has 0 bridgehead atoms. The van der Waals surface area contributed by atoms with E-state index in [0.29, 0.717) is 16.3 Å². The van der Waals surface area contributed by atoms with Gasteiger partial charge < -0.3 is 16.6 Å². The molecule has 5 N–H and O–H groups in total. The normalized spacial score (nSPS) is 12.9. The van der Waals surface area contributed by atoms with Crippen molar-refractivity contribution in [2.75, 3.05) is 12.3 Å². The van der Waals surface area contributed by atoms with E-state index in [1.165, 1.54) is 0 Å². The molecular formula is C9H13ClN2O. The molecule has 0 saturated heterocycles. The summed E-state index contributed by atoms with van der Waals surface area (Å²) < 4.78 is 0. The lowest BCUT2D eigenvalue weighted by atomic mass is 10.0. The highest BCUT2D eigenvalue weighted by Crippen LogP contribution is 2.26. The molecule has 0 aliphatic rings. The molecule has 1 atom stereocenters. The maximum Gasteiger partial charge on any atom is 0.0625 e. The van der Waals surface area contributed by atoms with Gasteiger partial charge in [0.05, 0.1) is 12.6 Å². The van der Waals surface area contributed by atoms with Gasteiger partial charge in [0.1, 0.15) is 0 Å². The molecule has 0 heterocycles. The van der Waals surface area contributed by atoms with Gasteiger partial charge in [0.2, 0.25) is 0 Å². The van der Waals surface area contributed by atoms with E-state index in [9.17, 15) is 0 Å². The number of halogens is 1. The Hall–Kier alpha value is -0.770. The predicted octanol–water partition coefficient (Wildman–Crippen LogP) is 1.22. The van der Waals surface area contributed by atoms with Gasteiger partial charge in [-0.15, -0.1) is 0 Å². The van der Waals surface area contributed by atoms with Crippen LogP contribution in [0.2, 0.25) is 5.02 Å². The number of anilines is 1. The van der Waals surface area contributed by atoms with Crippen molar-refractivity contribution in [2.24, 2.45) is 5.73 Å². The summed E-state index contributed by atoms with van der Waals surface area (Å²) in [5.41, 5.74) is 13.6. The van der Waals surface area contributed by atoms with Crippen molar-refractivity contribution in [2.45, 2.75) is 13.0 Å². The Morgan fingerprint density at radius 1 is 1.54 bits per heavy atom. The van der Waals surface area contributed by atoms with E-state index in [-0.39, 0.29) is 6.61 Å². The van der Waals surface area contributed by atoms with Crippen molar-refractivity contribution in [3.05, 3.63) is 28.3 Å². The second kappa shape index (κ2) is 3.96.